The molecule has 0 bridgehead atoms. The van der Waals surface area contributed by atoms with Crippen molar-refractivity contribution in [2.24, 2.45) is 35.5 Å². The Balaban J connectivity index is 4.45. The minimum absolute atomic E-state index is 0.961. The molecular weight excluding hydrogens is 348 g/mol. The maximum absolute atomic E-state index is 2.44. The van der Waals surface area contributed by atoms with E-state index in [2.05, 4.69) is 55.4 Å². The lowest BCUT2D eigenvalue weighted by Gasteiger charge is -2.27. The van der Waals surface area contributed by atoms with Crippen molar-refractivity contribution in [2.75, 3.05) is 0 Å². The Morgan fingerprint density at radius 2 is 0.552 bits per heavy atom. The third kappa shape index (κ3) is 13.1. The Hall–Kier alpha value is 0. The van der Waals surface area contributed by atoms with Gasteiger partial charge in [0.2, 0.25) is 0 Å². The monoisotopic (exact) mass is 408 g/mol. The molecule has 0 heterocycles. The van der Waals surface area contributed by atoms with Crippen LogP contribution in [0.1, 0.15) is 152 Å². The quantitative estimate of drug-likeness (QED) is 0.188. The largest absolute Gasteiger partial charge is 0.0651 e. The highest BCUT2D eigenvalue weighted by molar-refractivity contribution is 4.72. The molecule has 176 valence electrons. The predicted octanol–water partition coefficient (Wildman–Crippen LogP) is 10.7. The third-order valence-corrected chi connectivity index (χ3v) is 8.51. The lowest BCUT2D eigenvalue weighted by molar-refractivity contribution is 0.251. The number of hydrogen-bond acceptors (Lipinski definition) is 0. The average Bonchev–Trinajstić information content (AvgIpc) is 2.76. The van der Waals surface area contributed by atoms with Crippen LogP contribution >= 0.6 is 0 Å². The summed E-state index contributed by atoms with van der Waals surface area (Å²) in [6.45, 7) is 19.3. The van der Waals surface area contributed by atoms with Gasteiger partial charge >= 0.3 is 0 Å². The minimum Gasteiger partial charge on any atom is -0.0651 e. The summed E-state index contributed by atoms with van der Waals surface area (Å²) in [6, 6.07) is 0. The van der Waals surface area contributed by atoms with Gasteiger partial charge in [-0.15, -0.1) is 0 Å². The highest BCUT2D eigenvalue weighted by Gasteiger charge is 2.20. The van der Waals surface area contributed by atoms with Crippen LogP contribution in [0.25, 0.3) is 0 Å². The number of rotatable bonds is 20. The Morgan fingerprint density at radius 3 is 0.793 bits per heavy atom. The molecule has 0 saturated heterocycles. The summed E-state index contributed by atoms with van der Waals surface area (Å²) in [5.41, 5.74) is 0. The summed E-state index contributed by atoms with van der Waals surface area (Å²) in [5, 5.41) is 0. The summed E-state index contributed by atoms with van der Waals surface area (Å²) >= 11 is 0. The molecule has 4 unspecified atom stereocenters. The molecule has 0 rings (SSSR count). The van der Waals surface area contributed by atoms with Gasteiger partial charge in [0.15, 0.2) is 0 Å². The fourth-order valence-corrected chi connectivity index (χ4v) is 5.66. The van der Waals surface area contributed by atoms with Crippen molar-refractivity contribution < 1.29 is 0 Å². The first kappa shape index (κ1) is 29.0. The molecule has 0 radical (unpaired) electrons. The maximum Gasteiger partial charge on any atom is -0.0412 e. The Morgan fingerprint density at radius 1 is 0.310 bits per heavy atom. The van der Waals surface area contributed by atoms with Crippen LogP contribution in [0.4, 0.5) is 0 Å². The molecule has 0 aromatic rings. The Bertz CT molecular complexity index is 293. The molecule has 0 heteroatoms. The van der Waals surface area contributed by atoms with E-state index in [9.17, 15) is 0 Å². The molecule has 4 atom stereocenters. The number of hydrogen-bond donors (Lipinski definition) is 0. The van der Waals surface area contributed by atoms with Gasteiger partial charge in [0.1, 0.15) is 0 Å². The van der Waals surface area contributed by atoms with Crippen LogP contribution < -0.4 is 0 Å². The molecule has 0 N–H and O–H groups in total. The first-order valence-electron chi connectivity index (χ1n) is 14.0. The van der Waals surface area contributed by atoms with E-state index in [4.69, 9.17) is 0 Å². The molecule has 0 spiro atoms. The molecule has 0 aromatic carbocycles. The van der Waals surface area contributed by atoms with Crippen LogP contribution in [0.15, 0.2) is 0 Å². The van der Waals surface area contributed by atoms with E-state index >= 15 is 0 Å². The first-order valence-corrected chi connectivity index (χ1v) is 14.0. The zero-order chi connectivity index (χ0) is 22.1. The second-order valence-electron chi connectivity index (χ2n) is 10.3. The SMILES string of the molecule is CCC(CC)CC(CC)CC(CC)CCCC(CC)CC(CC)CC(CC)CC. The first-order chi connectivity index (χ1) is 14.0. The van der Waals surface area contributed by atoms with Crippen molar-refractivity contribution in [1.82, 2.24) is 0 Å². The van der Waals surface area contributed by atoms with Crippen LogP contribution in [0, 0.1) is 35.5 Å². The zero-order valence-corrected chi connectivity index (χ0v) is 22.1. The van der Waals surface area contributed by atoms with Crippen LogP contribution in [0.2, 0.25) is 0 Å². The Labute approximate surface area is 187 Å². The van der Waals surface area contributed by atoms with E-state index in [1.165, 1.54) is 96.3 Å². The van der Waals surface area contributed by atoms with E-state index in [-0.39, 0.29) is 0 Å². The molecule has 0 nitrogen and oxygen atoms in total. The zero-order valence-electron chi connectivity index (χ0n) is 22.1. The van der Waals surface area contributed by atoms with Gasteiger partial charge < -0.3 is 0 Å². The summed E-state index contributed by atoms with van der Waals surface area (Å²) in [7, 11) is 0. The topological polar surface area (TPSA) is 0 Å². The van der Waals surface area contributed by atoms with E-state index in [0.29, 0.717) is 0 Å². The third-order valence-electron chi connectivity index (χ3n) is 8.51. The molecule has 29 heavy (non-hydrogen) atoms. The van der Waals surface area contributed by atoms with Crippen molar-refractivity contribution in [3.8, 4) is 0 Å². The van der Waals surface area contributed by atoms with Gasteiger partial charge in [0.05, 0.1) is 0 Å². The minimum atomic E-state index is 0.961. The lowest BCUT2D eigenvalue weighted by atomic mass is 9.79. The highest BCUT2D eigenvalue weighted by atomic mass is 14.3. The van der Waals surface area contributed by atoms with Gasteiger partial charge in [0, 0.05) is 0 Å². The Kier molecular flexibility index (Phi) is 18.7. The van der Waals surface area contributed by atoms with E-state index in [0.717, 1.165) is 35.5 Å². The van der Waals surface area contributed by atoms with Crippen LogP contribution in [0.5, 0.6) is 0 Å². The van der Waals surface area contributed by atoms with Crippen LogP contribution in [0.3, 0.4) is 0 Å². The van der Waals surface area contributed by atoms with Gasteiger partial charge in [-0.25, -0.2) is 0 Å². The predicted molar refractivity (Wildman–Crippen MR) is 136 cm³/mol. The smallest absolute Gasteiger partial charge is 0.0412 e. The average molecular weight is 409 g/mol. The summed E-state index contributed by atoms with van der Waals surface area (Å²) in [5.74, 6) is 5.80. The van der Waals surface area contributed by atoms with Crippen LogP contribution in [-0.4, -0.2) is 0 Å². The second-order valence-corrected chi connectivity index (χ2v) is 10.3. The van der Waals surface area contributed by atoms with E-state index in [1.54, 1.807) is 0 Å². The molecule has 0 fully saturated rings. The van der Waals surface area contributed by atoms with Gasteiger partial charge in [-0.05, 0) is 61.2 Å². The van der Waals surface area contributed by atoms with E-state index < -0.39 is 0 Å². The molecule has 0 saturated carbocycles. The second kappa shape index (κ2) is 18.7. The fourth-order valence-electron chi connectivity index (χ4n) is 5.66. The van der Waals surface area contributed by atoms with Crippen molar-refractivity contribution in [1.29, 1.82) is 0 Å². The summed E-state index contributed by atoms with van der Waals surface area (Å²) < 4.78 is 0. The lowest BCUT2D eigenvalue weighted by Crippen LogP contribution is -2.14. The van der Waals surface area contributed by atoms with Crippen molar-refractivity contribution in [3.05, 3.63) is 0 Å². The molecule has 0 aliphatic carbocycles. The fraction of sp³-hybridized carbons (Fsp3) is 1.00. The van der Waals surface area contributed by atoms with Crippen molar-refractivity contribution in [2.45, 2.75) is 152 Å². The van der Waals surface area contributed by atoms with Gasteiger partial charge in [-0.2, -0.15) is 0 Å². The summed E-state index contributed by atoms with van der Waals surface area (Å²) in [6.07, 6.45) is 21.4. The molecule has 0 aliphatic rings. The maximum atomic E-state index is 2.44. The van der Waals surface area contributed by atoms with E-state index in [1.807, 2.05) is 0 Å². The molecule has 0 aromatic heterocycles. The van der Waals surface area contributed by atoms with Gasteiger partial charge in [0.25, 0.3) is 0 Å². The highest BCUT2D eigenvalue weighted by Crippen LogP contribution is 2.33. The normalized spacial score (nSPS) is 16.3. The van der Waals surface area contributed by atoms with Gasteiger partial charge in [-0.1, -0.05) is 126 Å². The summed E-state index contributed by atoms with van der Waals surface area (Å²) in [4.78, 5) is 0. The van der Waals surface area contributed by atoms with Gasteiger partial charge in [-0.3, -0.25) is 0 Å². The molecule has 0 amide bonds. The van der Waals surface area contributed by atoms with Crippen molar-refractivity contribution >= 4 is 0 Å². The standard InChI is InChI=1S/C29H60/c1-9-24(10-2)20-28(15-7)22-26(13-5)18-17-19-27(14-6)23-29(16-8)21-25(11-3)12-4/h24-29H,9-23H2,1-8H3. The molecular formula is C29H60. The van der Waals surface area contributed by atoms with Crippen molar-refractivity contribution in [3.63, 3.8) is 0 Å². The van der Waals surface area contributed by atoms with Crippen LogP contribution in [-0.2, 0) is 0 Å². The molecule has 0 aliphatic heterocycles.